The molecule has 2 N–H and O–H groups in total. The van der Waals surface area contributed by atoms with Crippen LogP contribution in [0.25, 0.3) is 0 Å². The molecule has 2 nitrogen and oxygen atoms in total. The van der Waals surface area contributed by atoms with Gasteiger partial charge in [-0.1, -0.05) is 0 Å². The van der Waals surface area contributed by atoms with E-state index in [1.807, 2.05) is 11.3 Å². The third-order valence-electron chi connectivity index (χ3n) is 3.60. The molecule has 18 heavy (non-hydrogen) atoms. The van der Waals surface area contributed by atoms with E-state index in [0.29, 0.717) is 0 Å². The van der Waals surface area contributed by atoms with Gasteiger partial charge in [-0.2, -0.15) is 0 Å². The predicted octanol–water partition coefficient (Wildman–Crippen LogP) is 3.55. The summed E-state index contributed by atoms with van der Waals surface area (Å²) in [7, 11) is 0. The van der Waals surface area contributed by atoms with Crippen molar-refractivity contribution in [2.75, 3.05) is 0 Å². The van der Waals surface area contributed by atoms with E-state index < -0.39 is 0 Å². The van der Waals surface area contributed by atoms with Gasteiger partial charge in [0.1, 0.15) is 0 Å². The monoisotopic (exact) mass is 278 g/mol. The van der Waals surface area contributed by atoms with Crippen LogP contribution in [-0.4, -0.2) is 4.98 Å². The summed E-state index contributed by atoms with van der Waals surface area (Å²) >= 11 is 3.69. The van der Waals surface area contributed by atoms with E-state index in [0.717, 1.165) is 12.1 Å². The lowest BCUT2D eigenvalue weighted by molar-refractivity contribution is 0.729. The maximum absolute atomic E-state index is 6.32. The molecule has 0 aromatic carbocycles. The molecule has 0 aliphatic heterocycles. The van der Waals surface area contributed by atoms with Crippen LogP contribution in [0, 0.1) is 13.8 Å². The second kappa shape index (κ2) is 4.76. The topological polar surface area (TPSA) is 38.9 Å². The maximum Gasteiger partial charge on any atom is 0.0950 e. The Morgan fingerprint density at radius 2 is 2.17 bits per heavy atom. The molecule has 2 aromatic rings. The summed E-state index contributed by atoms with van der Waals surface area (Å²) in [5.41, 5.74) is 9.01. The lowest BCUT2D eigenvalue weighted by Gasteiger charge is -2.07. The van der Waals surface area contributed by atoms with Crippen molar-refractivity contribution >= 4 is 22.7 Å². The van der Waals surface area contributed by atoms with Crippen molar-refractivity contribution in [3.05, 3.63) is 37.0 Å². The molecule has 1 unspecified atom stereocenters. The van der Waals surface area contributed by atoms with Gasteiger partial charge in [-0.25, -0.2) is 4.98 Å². The van der Waals surface area contributed by atoms with Gasteiger partial charge in [0.2, 0.25) is 0 Å². The molecule has 0 bridgehead atoms. The lowest BCUT2D eigenvalue weighted by Crippen LogP contribution is -2.11. The van der Waals surface area contributed by atoms with Gasteiger partial charge in [0, 0.05) is 27.1 Å². The molecule has 0 saturated heterocycles. The van der Waals surface area contributed by atoms with Crippen LogP contribution in [0.1, 0.15) is 43.4 Å². The Morgan fingerprint density at radius 3 is 2.83 bits per heavy atom. The fourth-order valence-electron chi connectivity index (χ4n) is 2.45. The second-order valence-corrected chi connectivity index (χ2v) is 7.47. The molecule has 1 aliphatic carbocycles. The first-order chi connectivity index (χ1) is 8.63. The number of fused-ring (bicyclic) bond motifs is 1. The smallest absolute Gasteiger partial charge is 0.0950 e. The van der Waals surface area contributed by atoms with E-state index >= 15 is 0 Å². The molecule has 0 fully saturated rings. The van der Waals surface area contributed by atoms with Gasteiger partial charge in [0.05, 0.1) is 10.7 Å². The van der Waals surface area contributed by atoms with Gasteiger partial charge in [0.25, 0.3) is 0 Å². The number of thiazole rings is 1. The summed E-state index contributed by atoms with van der Waals surface area (Å²) in [6, 6.07) is 2.44. The molecule has 1 aliphatic rings. The Kier molecular flexibility index (Phi) is 3.26. The summed E-state index contributed by atoms with van der Waals surface area (Å²) in [5.74, 6) is 0. The van der Waals surface area contributed by atoms with E-state index in [-0.39, 0.29) is 6.04 Å². The highest BCUT2D eigenvalue weighted by Crippen LogP contribution is 2.34. The number of hydrogen-bond donors (Lipinski definition) is 1. The average molecular weight is 278 g/mol. The Labute approximate surface area is 116 Å². The third kappa shape index (κ3) is 2.25. The molecular formula is C14H18N2S2. The van der Waals surface area contributed by atoms with E-state index in [4.69, 9.17) is 5.73 Å². The van der Waals surface area contributed by atoms with Crippen LogP contribution in [0.4, 0.5) is 0 Å². The maximum atomic E-state index is 6.32. The Bertz CT molecular complexity index is 527. The number of aryl methyl sites for hydroxylation is 4. The largest absolute Gasteiger partial charge is 0.323 e. The SMILES string of the molecule is Cc1nc(CC(N)c2cc3c(s2)CCC3)sc1C. The molecule has 4 heteroatoms. The number of aromatic nitrogens is 1. The van der Waals surface area contributed by atoms with Gasteiger partial charge in [-0.05, 0) is 44.7 Å². The number of nitrogens with zero attached hydrogens (tertiary/aromatic N) is 1. The van der Waals surface area contributed by atoms with Crippen LogP contribution in [0.5, 0.6) is 0 Å². The molecule has 0 amide bonds. The van der Waals surface area contributed by atoms with Gasteiger partial charge in [-0.15, -0.1) is 22.7 Å². The molecule has 3 rings (SSSR count). The van der Waals surface area contributed by atoms with Crippen LogP contribution in [-0.2, 0) is 19.3 Å². The number of hydrogen-bond acceptors (Lipinski definition) is 4. The zero-order valence-corrected chi connectivity index (χ0v) is 12.5. The van der Waals surface area contributed by atoms with E-state index in [2.05, 4.69) is 24.9 Å². The minimum absolute atomic E-state index is 0.116. The molecule has 1 atom stereocenters. The van der Waals surface area contributed by atoms with Crippen molar-refractivity contribution in [2.45, 2.75) is 45.6 Å². The lowest BCUT2D eigenvalue weighted by atomic mass is 10.1. The van der Waals surface area contributed by atoms with Crippen LogP contribution in [0.3, 0.4) is 0 Å². The zero-order chi connectivity index (χ0) is 12.7. The highest BCUT2D eigenvalue weighted by Gasteiger charge is 2.19. The predicted molar refractivity (Wildman–Crippen MR) is 78.6 cm³/mol. The summed E-state index contributed by atoms with van der Waals surface area (Å²) in [4.78, 5) is 8.79. The summed E-state index contributed by atoms with van der Waals surface area (Å²) in [6.45, 7) is 4.20. The third-order valence-corrected chi connectivity index (χ3v) is 6.06. The highest BCUT2D eigenvalue weighted by atomic mass is 32.1. The molecule has 96 valence electrons. The standard InChI is InChI=1S/C14H18N2S2/c1-8-9(2)17-14(16-8)7-11(15)13-6-10-4-3-5-12(10)18-13/h6,11H,3-5,7,15H2,1-2H3. The molecule has 0 saturated carbocycles. The first-order valence-electron chi connectivity index (χ1n) is 6.43. The van der Waals surface area contributed by atoms with Crippen LogP contribution >= 0.6 is 22.7 Å². The van der Waals surface area contributed by atoms with Gasteiger partial charge in [-0.3, -0.25) is 0 Å². The van der Waals surface area contributed by atoms with E-state index in [1.54, 1.807) is 16.2 Å². The Morgan fingerprint density at radius 1 is 1.33 bits per heavy atom. The van der Waals surface area contributed by atoms with Crippen molar-refractivity contribution in [1.29, 1.82) is 0 Å². The number of nitrogens with two attached hydrogens (primary N) is 1. The first-order valence-corrected chi connectivity index (χ1v) is 8.06. The fourth-order valence-corrected chi connectivity index (χ4v) is 4.70. The minimum atomic E-state index is 0.116. The van der Waals surface area contributed by atoms with Crippen molar-refractivity contribution in [3.63, 3.8) is 0 Å². The van der Waals surface area contributed by atoms with Crippen molar-refractivity contribution in [3.8, 4) is 0 Å². The van der Waals surface area contributed by atoms with Crippen molar-refractivity contribution in [2.24, 2.45) is 5.73 Å². The van der Waals surface area contributed by atoms with Gasteiger partial charge >= 0.3 is 0 Å². The molecule has 2 heterocycles. The van der Waals surface area contributed by atoms with Crippen LogP contribution in [0.15, 0.2) is 6.07 Å². The number of thiophene rings is 1. The normalized spacial score (nSPS) is 15.9. The Balaban J connectivity index is 1.76. The first kappa shape index (κ1) is 12.3. The quantitative estimate of drug-likeness (QED) is 0.932. The second-order valence-electron chi connectivity index (χ2n) is 5.01. The van der Waals surface area contributed by atoms with Crippen LogP contribution in [0.2, 0.25) is 0 Å². The van der Waals surface area contributed by atoms with E-state index in [1.165, 1.54) is 39.6 Å². The minimum Gasteiger partial charge on any atom is -0.323 e. The molecule has 2 aromatic heterocycles. The van der Waals surface area contributed by atoms with E-state index in [9.17, 15) is 0 Å². The number of rotatable bonds is 3. The highest BCUT2D eigenvalue weighted by molar-refractivity contribution is 7.12. The Hall–Kier alpha value is -0.710. The molecule has 0 radical (unpaired) electrons. The van der Waals surface area contributed by atoms with Gasteiger partial charge in [0.15, 0.2) is 0 Å². The van der Waals surface area contributed by atoms with Gasteiger partial charge < -0.3 is 5.73 Å². The summed E-state index contributed by atoms with van der Waals surface area (Å²) in [5, 5.41) is 1.17. The molecule has 0 spiro atoms. The fraction of sp³-hybridized carbons (Fsp3) is 0.500. The van der Waals surface area contributed by atoms with Crippen molar-refractivity contribution in [1.82, 2.24) is 4.98 Å². The molecular weight excluding hydrogens is 260 g/mol. The zero-order valence-electron chi connectivity index (χ0n) is 10.8. The average Bonchev–Trinajstić information content (AvgIpc) is 2.94. The van der Waals surface area contributed by atoms with Crippen LogP contribution < -0.4 is 5.73 Å². The van der Waals surface area contributed by atoms with Crippen molar-refractivity contribution < 1.29 is 0 Å². The summed E-state index contributed by atoms with van der Waals surface area (Å²) in [6.07, 6.45) is 4.69. The summed E-state index contributed by atoms with van der Waals surface area (Å²) < 4.78 is 0.